The van der Waals surface area contributed by atoms with Crippen LogP contribution in [0.5, 0.6) is 0 Å². The molecular weight excluding hydrogens is 385 g/mol. The van der Waals surface area contributed by atoms with Gasteiger partial charge in [0, 0.05) is 18.1 Å². The van der Waals surface area contributed by atoms with Crippen molar-refractivity contribution < 1.29 is 14.3 Å². The number of hydrogen-bond acceptors (Lipinski definition) is 6. The predicted octanol–water partition coefficient (Wildman–Crippen LogP) is 3.15. The van der Waals surface area contributed by atoms with E-state index in [0.717, 1.165) is 10.2 Å². The molecule has 0 saturated heterocycles. The summed E-state index contributed by atoms with van der Waals surface area (Å²) in [5, 5.41) is 1.27. The number of benzene rings is 1. The van der Waals surface area contributed by atoms with Crippen molar-refractivity contribution in [2.24, 2.45) is 0 Å². The van der Waals surface area contributed by atoms with Crippen LogP contribution in [0.1, 0.15) is 0 Å². The minimum absolute atomic E-state index is 0. The van der Waals surface area contributed by atoms with Crippen molar-refractivity contribution in [3.63, 3.8) is 0 Å². The van der Waals surface area contributed by atoms with Crippen LogP contribution >= 0.6 is 35.3 Å². The van der Waals surface area contributed by atoms with E-state index in [1.165, 1.54) is 17.6 Å². The van der Waals surface area contributed by atoms with Crippen LogP contribution in [-0.4, -0.2) is 56.2 Å². The number of likely N-dealkylation sites (N-methyl/N-ethyl adjacent to an activating group) is 1. The molecule has 0 unspecified atom stereocenters. The molecule has 1 aromatic carbocycles. The lowest BCUT2D eigenvalue weighted by atomic mass is 10.3. The third-order valence-corrected chi connectivity index (χ3v) is 4.72. The smallest absolute Gasteiger partial charge is 0.298 e. The van der Waals surface area contributed by atoms with Gasteiger partial charge in [0.25, 0.3) is 5.91 Å². The fourth-order valence-electron chi connectivity index (χ4n) is 2.20. The lowest BCUT2D eigenvalue weighted by molar-refractivity contribution is -0.119. The van der Waals surface area contributed by atoms with Gasteiger partial charge in [0.1, 0.15) is 19.5 Å². The van der Waals surface area contributed by atoms with Crippen molar-refractivity contribution in [2.75, 3.05) is 45.3 Å². The molecule has 1 aliphatic rings. The highest BCUT2D eigenvalue weighted by Crippen LogP contribution is 2.31. The molecule has 6 nitrogen and oxygen atoms in total. The zero-order chi connectivity index (χ0) is 17.1. The van der Waals surface area contributed by atoms with Gasteiger partial charge in [-0.2, -0.15) is 0 Å². The zero-order valence-electron chi connectivity index (χ0n) is 13.9. The van der Waals surface area contributed by atoms with Crippen LogP contribution in [0.2, 0.25) is 5.02 Å². The largest absolute Gasteiger partial charge is 0.494 e. The normalized spacial score (nSPS) is 13.7. The Morgan fingerprint density at radius 3 is 2.80 bits per heavy atom. The summed E-state index contributed by atoms with van der Waals surface area (Å²) in [4.78, 5) is 21.0. The first-order chi connectivity index (χ1) is 11.5. The summed E-state index contributed by atoms with van der Waals surface area (Å²) in [6, 6.07) is 5.50. The maximum Gasteiger partial charge on any atom is 0.298 e. The van der Waals surface area contributed by atoms with Crippen LogP contribution in [0.4, 0.5) is 5.13 Å². The van der Waals surface area contributed by atoms with Gasteiger partial charge in [-0.1, -0.05) is 22.9 Å². The van der Waals surface area contributed by atoms with Gasteiger partial charge in [-0.3, -0.25) is 9.69 Å². The molecule has 25 heavy (non-hydrogen) atoms. The lowest BCUT2D eigenvalue weighted by Gasteiger charge is -2.24. The van der Waals surface area contributed by atoms with E-state index in [1.807, 2.05) is 31.1 Å². The third-order valence-electron chi connectivity index (χ3n) is 3.45. The van der Waals surface area contributed by atoms with E-state index in [4.69, 9.17) is 21.1 Å². The van der Waals surface area contributed by atoms with E-state index < -0.39 is 0 Å². The van der Waals surface area contributed by atoms with Crippen molar-refractivity contribution in [1.29, 1.82) is 0 Å². The first kappa shape index (κ1) is 19.8. The second-order valence-electron chi connectivity index (χ2n) is 5.57. The van der Waals surface area contributed by atoms with Crippen LogP contribution < -0.4 is 4.90 Å². The molecule has 2 aromatic rings. The summed E-state index contributed by atoms with van der Waals surface area (Å²) in [6.45, 7) is 2.03. The van der Waals surface area contributed by atoms with E-state index in [0.29, 0.717) is 36.5 Å². The first-order valence-electron chi connectivity index (χ1n) is 7.52. The topological polar surface area (TPSA) is 54.9 Å². The van der Waals surface area contributed by atoms with Crippen molar-refractivity contribution in [3.05, 3.63) is 35.2 Å². The predicted molar refractivity (Wildman–Crippen MR) is 103 cm³/mol. The number of ether oxygens (including phenoxy) is 2. The van der Waals surface area contributed by atoms with E-state index in [2.05, 4.69) is 4.98 Å². The molecular formula is C16H19Cl2N3O3S. The second-order valence-corrected chi connectivity index (χ2v) is 7.02. The molecule has 2 heterocycles. The SMILES string of the molecule is CN(C)CCN(C(=O)C1=COCCO1)c1nc2ccc(Cl)cc2s1.Cl. The van der Waals surface area contributed by atoms with E-state index in [9.17, 15) is 4.79 Å². The van der Waals surface area contributed by atoms with Crippen molar-refractivity contribution in [2.45, 2.75) is 0 Å². The highest BCUT2D eigenvalue weighted by Gasteiger charge is 2.26. The quantitative estimate of drug-likeness (QED) is 0.767. The molecule has 1 aromatic heterocycles. The summed E-state index contributed by atoms with van der Waals surface area (Å²) in [6.07, 6.45) is 1.37. The van der Waals surface area contributed by atoms with Gasteiger partial charge in [0.2, 0.25) is 5.76 Å². The monoisotopic (exact) mass is 403 g/mol. The molecule has 0 saturated carbocycles. The molecule has 9 heteroatoms. The van der Waals surface area contributed by atoms with Gasteiger partial charge in [0.15, 0.2) is 5.13 Å². The van der Waals surface area contributed by atoms with Crippen LogP contribution in [0.3, 0.4) is 0 Å². The Kier molecular flexibility index (Phi) is 6.89. The zero-order valence-corrected chi connectivity index (χ0v) is 16.3. The molecule has 3 rings (SSSR count). The summed E-state index contributed by atoms with van der Waals surface area (Å²) in [7, 11) is 3.92. The lowest BCUT2D eigenvalue weighted by Crippen LogP contribution is -2.38. The van der Waals surface area contributed by atoms with Gasteiger partial charge in [0.05, 0.1) is 10.2 Å². The average Bonchev–Trinajstić information content (AvgIpc) is 2.98. The summed E-state index contributed by atoms with van der Waals surface area (Å²) < 4.78 is 11.6. The Morgan fingerprint density at radius 1 is 1.32 bits per heavy atom. The van der Waals surface area contributed by atoms with Crippen molar-refractivity contribution >= 4 is 56.6 Å². The minimum Gasteiger partial charge on any atom is -0.494 e. The fourth-order valence-corrected chi connectivity index (χ4v) is 3.47. The van der Waals surface area contributed by atoms with Crippen molar-refractivity contribution in [3.8, 4) is 0 Å². The third kappa shape index (κ3) is 4.76. The molecule has 136 valence electrons. The second kappa shape index (κ2) is 8.71. The maximum atomic E-state index is 12.8. The molecule has 0 spiro atoms. The number of amides is 1. The van der Waals surface area contributed by atoms with Crippen molar-refractivity contribution in [1.82, 2.24) is 9.88 Å². The molecule has 0 fully saturated rings. The number of carbonyl (C=O) groups excluding carboxylic acids is 1. The number of carbonyl (C=O) groups is 1. The summed E-state index contributed by atoms with van der Waals surface area (Å²) in [5.41, 5.74) is 0.817. The Bertz CT molecular complexity index is 779. The highest BCUT2D eigenvalue weighted by molar-refractivity contribution is 7.22. The number of aromatic nitrogens is 1. The number of thiazole rings is 1. The average molecular weight is 404 g/mol. The number of anilines is 1. The fraction of sp³-hybridized carbons (Fsp3) is 0.375. The van der Waals surface area contributed by atoms with Crippen LogP contribution in [0, 0.1) is 0 Å². The van der Waals surface area contributed by atoms with Gasteiger partial charge in [-0.05, 0) is 32.3 Å². The number of halogens is 2. The van der Waals surface area contributed by atoms with Crippen LogP contribution in [0.25, 0.3) is 10.2 Å². The molecule has 0 radical (unpaired) electrons. The van der Waals surface area contributed by atoms with Crippen LogP contribution in [-0.2, 0) is 14.3 Å². The standard InChI is InChI=1S/C16H18ClN3O3S.ClH/c1-19(2)5-6-20(15(21)13-10-22-7-8-23-13)16-18-12-4-3-11(17)9-14(12)24-16;/h3-4,9-10H,5-8H2,1-2H3;1H. The molecule has 0 atom stereocenters. The highest BCUT2D eigenvalue weighted by atomic mass is 35.5. The number of nitrogens with zero attached hydrogens (tertiary/aromatic N) is 3. The number of hydrogen-bond donors (Lipinski definition) is 0. The van der Waals surface area contributed by atoms with Gasteiger partial charge >= 0.3 is 0 Å². The summed E-state index contributed by atoms with van der Waals surface area (Å²) in [5.74, 6) is -0.0426. The first-order valence-corrected chi connectivity index (χ1v) is 8.71. The molecule has 0 N–H and O–H groups in total. The van der Waals surface area contributed by atoms with Gasteiger partial charge in [-0.15, -0.1) is 12.4 Å². The number of rotatable bonds is 5. The molecule has 0 aliphatic carbocycles. The van der Waals surface area contributed by atoms with E-state index in [1.54, 1.807) is 11.0 Å². The maximum absolute atomic E-state index is 12.8. The molecule has 1 amide bonds. The van der Waals surface area contributed by atoms with Crippen LogP contribution in [0.15, 0.2) is 30.2 Å². The number of fused-ring (bicyclic) bond motifs is 1. The molecule has 1 aliphatic heterocycles. The van der Waals surface area contributed by atoms with Gasteiger partial charge in [-0.25, -0.2) is 4.98 Å². The van der Waals surface area contributed by atoms with E-state index >= 15 is 0 Å². The molecule has 0 bridgehead atoms. The van der Waals surface area contributed by atoms with Gasteiger partial charge < -0.3 is 14.4 Å². The Hall–Kier alpha value is -1.54. The Balaban J connectivity index is 0.00000225. The van der Waals surface area contributed by atoms with E-state index in [-0.39, 0.29) is 24.1 Å². The minimum atomic E-state index is -0.248. The Labute approximate surface area is 161 Å². The summed E-state index contributed by atoms with van der Waals surface area (Å²) >= 11 is 7.47. The Morgan fingerprint density at radius 2 is 2.12 bits per heavy atom.